The number of benzene rings is 3. The first-order valence-corrected chi connectivity index (χ1v) is 9.86. The molecule has 0 bridgehead atoms. The molecule has 1 aliphatic rings. The zero-order chi connectivity index (χ0) is 22.0. The van der Waals surface area contributed by atoms with Crippen molar-refractivity contribution in [1.29, 1.82) is 0 Å². The molecule has 0 unspecified atom stereocenters. The predicted molar refractivity (Wildman–Crippen MR) is 114 cm³/mol. The SMILES string of the molecule is CCc1ccc(C(=O)COC(=O)c2ccc3c(c2)C(=O)N(c2ccccc2)C3=O)cc1. The van der Waals surface area contributed by atoms with Crippen LogP contribution in [0.3, 0.4) is 0 Å². The number of nitrogens with zero attached hydrogens (tertiary/aromatic N) is 1. The molecular weight excluding hydrogens is 394 g/mol. The lowest BCUT2D eigenvalue weighted by Gasteiger charge is -2.13. The number of anilines is 1. The van der Waals surface area contributed by atoms with Gasteiger partial charge in [-0.2, -0.15) is 0 Å². The number of fused-ring (bicyclic) bond motifs is 1. The summed E-state index contributed by atoms with van der Waals surface area (Å²) < 4.78 is 5.14. The minimum atomic E-state index is -0.736. The van der Waals surface area contributed by atoms with E-state index in [2.05, 4.69) is 0 Å². The van der Waals surface area contributed by atoms with Gasteiger partial charge in [0.15, 0.2) is 12.4 Å². The number of Topliss-reactive ketones (excluding diaryl/α,β-unsaturated/α-hetero) is 1. The number of rotatable bonds is 6. The molecule has 0 atom stereocenters. The summed E-state index contributed by atoms with van der Waals surface area (Å²) >= 11 is 0. The molecule has 3 aromatic carbocycles. The summed E-state index contributed by atoms with van der Waals surface area (Å²) in [5, 5.41) is 0. The fourth-order valence-corrected chi connectivity index (χ4v) is 3.40. The van der Waals surface area contributed by atoms with Crippen molar-refractivity contribution in [3.05, 3.63) is 101 Å². The Kier molecular flexibility index (Phi) is 5.45. The van der Waals surface area contributed by atoms with Crippen LogP contribution in [0.1, 0.15) is 53.9 Å². The lowest BCUT2D eigenvalue weighted by molar-refractivity contribution is 0.0474. The maximum Gasteiger partial charge on any atom is 0.338 e. The van der Waals surface area contributed by atoms with Crippen LogP contribution in [0.2, 0.25) is 0 Å². The van der Waals surface area contributed by atoms with Gasteiger partial charge in [0.2, 0.25) is 0 Å². The molecule has 31 heavy (non-hydrogen) atoms. The van der Waals surface area contributed by atoms with E-state index in [1.807, 2.05) is 19.1 Å². The highest BCUT2D eigenvalue weighted by atomic mass is 16.5. The molecule has 2 amide bonds. The minimum Gasteiger partial charge on any atom is -0.454 e. The first kappa shape index (κ1) is 20.2. The molecule has 1 heterocycles. The Morgan fingerprint density at radius 2 is 1.45 bits per heavy atom. The predicted octanol–water partition coefficient (Wildman–Crippen LogP) is 4.09. The third kappa shape index (κ3) is 3.88. The molecule has 154 valence electrons. The number of ether oxygens (including phenoxy) is 1. The van der Waals surface area contributed by atoms with E-state index in [9.17, 15) is 19.2 Å². The van der Waals surface area contributed by atoms with Gasteiger partial charge in [-0.25, -0.2) is 9.69 Å². The number of amides is 2. The zero-order valence-corrected chi connectivity index (χ0v) is 16.8. The Morgan fingerprint density at radius 1 is 0.806 bits per heavy atom. The summed E-state index contributed by atoms with van der Waals surface area (Å²) in [6.45, 7) is 1.61. The summed E-state index contributed by atoms with van der Waals surface area (Å²) in [6, 6.07) is 19.9. The number of hydrogen-bond acceptors (Lipinski definition) is 5. The molecule has 6 heteroatoms. The van der Waals surface area contributed by atoms with Gasteiger partial charge in [-0.1, -0.05) is 49.4 Å². The molecule has 0 radical (unpaired) electrons. The molecule has 6 nitrogen and oxygen atoms in total. The number of hydrogen-bond donors (Lipinski definition) is 0. The summed E-state index contributed by atoms with van der Waals surface area (Å²) in [7, 11) is 0. The van der Waals surface area contributed by atoms with Crippen LogP contribution in [0.15, 0.2) is 72.8 Å². The van der Waals surface area contributed by atoms with Crippen molar-refractivity contribution in [2.45, 2.75) is 13.3 Å². The van der Waals surface area contributed by atoms with E-state index in [-0.39, 0.29) is 22.5 Å². The van der Waals surface area contributed by atoms with E-state index in [0.717, 1.165) is 16.9 Å². The van der Waals surface area contributed by atoms with E-state index >= 15 is 0 Å². The fourth-order valence-electron chi connectivity index (χ4n) is 3.40. The first-order valence-electron chi connectivity index (χ1n) is 9.86. The van der Waals surface area contributed by atoms with Crippen LogP contribution < -0.4 is 4.90 Å². The van der Waals surface area contributed by atoms with E-state index in [1.54, 1.807) is 42.5 Å². The van der Waals surface area contributed by atoms with Crippen LogP contribution in [0.5, 0.6) is 0 Å². The van der Waals surface area contributed by atoms with Crippen LogP contribution >= 0.6 is 0 Å². The largest absolute Gasteiger partial charge is 0.454 e. The van der Waals surface area contributed by atoms with Crippen LogP contribution in [0.4, 0.5) is 5.69 Å². The van der Waals surface area contributed by atoms with Crippen LogP contribution in [0, 0.1) is 0 Å². The number of carbonyl (C=O) groups excluding carboxylic acids is 4. The minimum absolute atomic E-state index is 0.101. The van der Waals surface area contributed by atoms with Gasteiger partial charge >= 0.3 is 5.97 Å². The lowest BCUT2D eigenvalue weighted by atomic mass is 10.1. The molecule has 0 fully saturated rings. The van der Waals surface area contributed by atoms with Crippen LogP contribution in [-0.4, -0.2) is 30.2 Å². The second-order valence-corrected chi connectivity index (χ2v) is 7.09. The highest BCUT2D eigenvalue weighted by Crippen LogP contribution is 2.29. The Hall–Kier alpha value is -4.06. The van der Waals surface area contributed by atoms with Crippen molar-refractivity contribution in [2.24, 2.45) is 0 Å². The Bertz CT molecular complexity index is 1180. The molecule has 0 saturated carbocycles. The molecule has 0 N–H and O–H groups in total. The molecular formula is C25H19NO5. The van der Waals surface area contributed by atoms with Crippen molar-refractivity contribution in [2.75, 3.05) is 11.5 Å². The molecule has 0 saturated heterocycles. The number of aryl methyl sites for hydroxylation is 1. The topological polar surface area (TPSA) is 80.8 Å². The third-order valence-electron chi connectivity index (χ3n) is 5.16. The number of para-hydroxylation sites is 1. The Labute approximate surface area is 179 Å². The Morgan fingerprint density at radius 3 is 2.13 bits per heavy atom. The number of esters is 1. The van der Waals surface area contributed by atoms with Gasteiger partial charge in [0.05, 0.1) is 22.4 Å². The molecule has 0 spiro atoms. The Balaban J connectivity index is 1.48. The van der Waals surface area contributed by atoms with Gasteiger partial charge in [-0.15, -0.1) is 0 Å². The maximum atomic E-state index is 12.8. The lowest BCUT2D eigenvalue weighted by Crippen LogP contribution is -2.29. The average Bonchev–Trinajstić information content (AvgIpc) is 3.07. The molecule has 0 aliphatic carbocycles. The molecule has 1 aliphatic heterocycles. The summed E-state index contributed by atoms with van der Waals surface area (Å²) in [4.78, 5) is 51.2. The van der Waals surface area contributed by atoms with Gasteiger partial charge in [0.25, 0.3) is 11.8 Å². The quantitative estimate of drug-likeness (QED) is 0.345. The third-order valence-corrected chi connectivity index (χ3v) is 5.16. The van der Waals surface area contributed by atoms with Crippen molar-refractivity contribution in [3.63, 3.8) is 0 Å². The highest BCUT2D eigenvalue weighted by Gasteiger charge is 2.37. The second kappa shape index (κ2) is 8.36. The number of ketones is 1. The van der Waals surface area contributed by atoms with Crippen molar-refractivity contribution >= 4 is 29.3 Å². The average molecular weight is 413 g/mol. The normalized spacial score (nSPS) is 12.6. The highest BCUT2D eigenvalue weighted by molar-refractivity contribution is 6.34. The summed E-state index contributed by atoms with van der Waals surface area (Å²) in [6.07, 6.45) is 0.866. The molecule has 3 aromatic rings. The molecule has 0 aromatic heterocycles. The molecule has 4 rings (SSSR count). The van der Waals surface area contributed by atoms with E-state index in [4.69, 9.17) is 4.74 Å². The number of imide groups is 1. The summed E-state index contributed by atoms with van der Waals surface area (Å²) in [5.41, 5.74) is 2.47. The van der Waals surface area contributed by atoms with Crippen molar-refractivity contribution in [1.82, 2.24) is 0 Å². The van der Waals surface area contributed by atoms with E-state index in [0.29, 0.717) is 11.3 Å². The van der Waals surface area contributed by atoms with Gasteiger partial charge in [-0.05, 0) is 42.3 Å². The standard InChI is InChI=1S/C25H19NO5/c1-2-16-8-10-17(11-9-16)22(27)15-31-25(30)18-12-13-20-21(14-18)24(29)26(23(20)28)19-6-4-3-5-7-19/h3-14H,2,15H2,1H3. The summed E-state index contributed by atoms with van der Waals surface area (Å²) in [5.74, 6) is -2.01. The van der Waals surface area contributed by atoms with Crippen LogP contribution in [0.25, 0.3) is 0 Å². The van der Waals surface area contributed by atoms with Gasteiger partial charge in [-0.3, -0.25) is 14.4 Å². The van der Waals surface area contributed by atoms with Crippen LogP contribution in [-0.2, 0) is 11.2 Å². The van der Waals surface area contributed by atoms with E-state index in [1.165, 1.54) is 18.2 Å². The van der Waals surface area contributed by atoms with Crippen molar-refractivity contribution < 1.29 is 23.9 Å². The second-order valence-electron chi connectivity index (χ2n) is 7.09. The monoisotopic (exact) mass is 413 g/mol. The zero-order valence-electron chi connectivity index (χ0n) is 16.8. The smallest absolute Gasteiger partial charge is 0.338 e. The van der Waals surface area contributed by atoms with Crippen molar-refractivity contribution in [3.8, 4) is 0 Å². The fraction of sp³-hybridized carbons (Fsp3) is 0.120. The van der Waals surface area contributed by atoms with E-state index < -0.39 is 24.4 Å². The number of carbonyl (C=O) groups is 4. The van der Waals surface area contributed by atoms with Gasteiger partial charge in [0, 0.05) is 5.56 Å². The van der Waals surface area contributed by atoms with Gasteiger partial charge in [0.1, 0.15) is 0 Å². The maximum absolute atomic E-state index is 12.8. The first-order chi connectivity index (χ1) is 15.0. The van der Waals surface area contributed by atoms with Gasteiger partial charge < -0.3 is 4.74 Å².